The second kappa shape index (κ2) is 34.0. The summed E-state index contributed by atoms with van der Waals surface area (Å²) in [4.78, 5) is 41.7. The first-order valence-electron chi connectivity index (χ1n) is 35.5. The maximum absolute atomic E-state index is 13.9. The molecule has 4 aromatic rings. The minimum atomic E-state index is -0.572. The molecule has 92 heavy (non-hydrogen) atoms. The van der Waals surface area contributed by atoms with Crippen LogP contribution in [-0.2, 0) is 30.5 Å². The molecule has 0 aromatic heterocycles. The lowest BCUT2D eigenvalue weighted by molar-refractivity contribution is 0.0480. The SMILES string of the molecule is COc1ccc(C(C)(C)CC(C)(C)CC(C)(C)CCCC(C)CCOC(=O)c2cc(C(=O)OCCC(C)CCCC(C)(C)CC(C)(C)CC(C)(C)c3ccc(C)cc3)cc(C(=O)OCCC(C)CCCC(C)(C)CC(C)(C)CC(C)(C)c3ccc(OC)cc3)c2)cc1. The van der Waals surface area contributed by atoms with Gasteiger partial charge in [0.2, 0.25) is 0 Å². The van der Waals surface area contributed by atoms with Crippen molar-refractivity contribution in [2.24, 2.45) is 50.2 Å². The largest absolute Gasteiger partial charge is 0.497 e. The predicted octanol–water partition coefficient (Wildman–Crippen LogP) is 23.5. The Morgan fingerprint density at radius 2 is 0.576 bits per heavy atom. The number of ether oxygens (including phenoxy) is 5. The minimum absolute atomic E-state index is 0.0261. The number of benzene rings is 4. The zero-order valence-corrected chi connectivity index (χ0v) is 63.0. The molecule has 0 N–H and O–H groups in total. The van der Waals surface area contributed by atoms with Crippen LogP contribution in [0.5, 0.6) is 11.5 Å². The van der Waals surface area contributed by atoms with E-state index in [9.17, 15) is 14.4 Å². The van der Waals surface area contributed by atoms with Crippen LogP contribution < -0.4 is 9.47 Å². The Morgan fingerprint density at radius 3 is 0.815 bits per heavy atom. The Kier molecular flexibility index (Phi) is 29.3. The fourth-order valence-electron chi connectivity index (χ4n) is 16.8. The monoisotopic (exact) mass is 1270 g/mol. The molecule has 0 saturated heterocycles. The molecular weight excluding hydrogens is 1140 g/mol. The summed E-state index contributed by atoms with van der Waals surface area (Å²) in [6.45, 7) is 52.6. The second-order valence-electron chi connectivity index (χ2n) is 35.6. The highest BCUT2D eigenvalue weighted by Crippen LogP contribution is 2.48. The highest BCUT2D eigenvalue weighted by Gasteiger charge is 2.38. The fraction of sp³-hybridized carbons (Fsp3) is 0.679. The molecule has 0 radical (unpaired) electrons. The number of rotatable bonds is 41. The molecule has 0 bridgehead atoms. The van der Waals surface area contributed by atoms with Crippen LogP contribution >= 0.6 is 0 Å². The van der Waals surface area contributed by atoms with E-state index in [0.717, 1.165) is 108 Å². The molecule has 3 atom stereocenters. The van der Waals surface area contributed by atoms with E-state index in [0.29, 0.717) is 37.0 Å². The van der Waals surface area contributed by atoms with E-state index in [1.165, 1.54) is 40.5 Å². The number of carbonyl (C=O) groups is 3. The van der Waals surface area contributed by atoms with Crippen LogP contribution in [-0.4, -0.2) is 51.9 Å². The third-order valence-corrected chi connectivity index (χ3v) is 20.0. The van der Waals surface area contributed by atoms with Gasteiger partial charge in [-0.15, -0.1) is 0 Å². The van der Waals surface area contributed by atoms with Crippen molar-refractivity contribution in [2.45, 2.75) is 284 Å². The van der Waals surface area contributed by atoms with Crippen LogP contribution in [0.25, 0.3) is 0 Å². The average molecular weight is 1270 g/mol. The van der Waals surface area contributed by atoms with Gasteiger partial charge in [-0.3, -0.25) is 0 Å². The summed E-state index contributed by atoms with van der Waals surface area (Å²) in [5, 5.41) is 0. The Hall–Kier alpha value is -5.11. The molecule has 8 heteroatoms. The van der Waals surface area contributed by atoms with E-state index in [4.69, 9.17) is 23.7 Å². The van der Waals surface area contributed by atoms with Crippen molar-refractivity contribution in [3.63, 3.8) is 0 Å². The molecule has 0 spiro atoms. The first-order chi connectivity index (χ1) is 42.5. The average Bonchev–Trinajstić information content (AvgIpc) is 0.878. The summed E-state index contributed by atoms with van der Waals surface area (Å²) >= 11 is 0. The van der Waals surface area contributed by atoms with Gasteiger partial charge in [0.15, 0.2) is 0 Å². The number of aryl methyl sites for hydroxylation is 1. The molecule has 4 aromatic carbocycles. The van der Waals surface area contributed by atoms with Gasteiger partial charge in [0.05, 0.1) is 50.7 Å². The molecule has 0 amide bonds. The molecule has 0 fully saturated rings. The van der Waals surface area contributed by atoms with Crippen LogP contribution in [0.15, 0.2) is 91.0 Å². The van der Waals surface area contributed by atoms with Crippen molar-refractivity contribution >= 4 is 17.9 Å². The maximum Gasteiger partial charge on any atom is 0.338 e. The summed E-state index contributed by atoms with van der Waals surface area (Å²) in [6.07, 6.45) is 18.5. The van der Waals surface area contributed by atoms with Gasteiger partial charge in [-0.25, -0.2) is 14.4 Å². The molecule has 0 aliphatic carbocycles. The third kappa shape index (κ3) is 28.1. The Labute approximate surface area is 563 Å². The fourth-order valence-corrected chi connectivity index (χ4v) is 16.8. The van der Waals surface area contributed by atoms with E-state index < -0.39 is 17.9 Å². The third-order valence-electron chi connectivity index (χ3n) is 20.0. The van der Waals surface area contributed by atoms with Crippen molar-refractivity contribution in [3.05, 3.63) is 130 Å². The van der Waals surface area contributed by atoms with Gasteiger partial charge < -0.3 is 23.7 Å². The molecule has 0 saturated carbocycles. The standard InChI is InChI=1S/C84H132O8/c1-61(28-25-46-76(5,6)55-79(11,12)58-82(17,18)68-33-31-64(4)32-34-68)43-49-90-73(85)65-52-66(74(86)91-50-44-62(2)29-26-47-77(7,8)56-80(13,14)59-83(19,20)69-35-39-71(88-23)40-36-69)54-67(53-65)75(87)92-51-45-63(3)30-27-48-78(9,10)57-81(15,16)60-84(21,22)70-37-41-72(89-24)42-38-70/h31-42,52-54,61-63H,25-30,43-51,55-60H2,1-24H3. The maximum atomic E-state index is 13.9. The van der Waals surface area contributed by atoms with Crippen molar-refractivity contribution in [3.8, 4) is 11.5 Å². The highest BCUT2D eigenvalue weighted by molar-refractivity contribution is 6.00. The predicted molar refractivity (Wildman–Crippen MR) is 387 cm³/mol. The van der Waals surface area contributed by atoms with Gasteiger partial charge in [-0.05, 0) is 210 Å². The molecule has 3 unspecified atom stereocenters. The van der Waals surface area contributed by atoms with Gasteiger partial charge in [0.1, 0.15) is 11.5 Å². The number of carbonyl (C=O) groups excluding carboxylic acids is 3. The number of esters is 3. The second-order valence-corrected chi connectivity index (χ2v) is 35.6. The molecular formula is C84H132O8. The van der Waals surface area contributed by atoms with Crippen molar-refractivity contribution < 1.29 is 38.1 Å². The lowest BCUT2D eigenvalue weighted by Crippen LogP contribution is -2.31. The van der Waals surface area contributed by atoms with Crippen molar-refractivity contribution in [2.75, 3.05) is 34.0 Å². The zero-order chi connectivity index (χ0) is 69.2. The van der Waals surface area contributed by atoms with Crippen LogP contribution in [0.2, 0.25) is 0 Å². The molecule has 516 valence electrons. The van der Waals surface area contributed by atoms with E-state index in [1.54, 1.807) is 14.2 Å². The van der Waals surface area contributed by atoms with Gasteiger partial charge >= 0.3 is 17.9 Å². The Bertz CT molecular complexity index is 2740. The van der Waals surface area contributed by atoms with E-state index in [-0.39, 0.29) is 85.2 Å². The van der Waals surface area contributed by atoms with E-state index in [1.807, 2.05) is 0 Å². The molecule has 4 rings (SSSR count). The van der Waals surface area contributed by atoms with Crippen LogP contribution in [0, 0.1) is 57.2 Å². The molecule has 0 aliphatic heterocycles. The summed E-state index contributed by atoms with van der Waals surface area (Å²) in [5.74, 6) is 1.09. The molecule has 8 nitrogen and oxygen atoms in total. The quantitative estimate of drug-likeness (QED) is 0.0320. The molecule has 0 aliphatic rings. The van der Waals surface area contributed by atoms with Gasteiger partial charge in [0, 0.05) is 0 Å². The summed E-state index contributed by atoms with van der Waals surface area (Å²) in [6, 6.07) is 30.6. The summed E-state index contributed by atoms with van der Waals surface area (Å²) in [7, 11) is 3.42. The van der Waals surface area contributed by atoms with Crippen LogP contribution in [0.3, 0.4) is 0 Å². The minimum Gasteiger partial charge on any atom is -0.497 e. The smallest absolute Gasteiger partial charge is 0.338 e. The number of hydrogen-bond donors (Lipinski definition) is 0. The van der Waals surface area contributed by atoms with Gasteiger partial charge in [-0.1, -0.05) is 238 Å². The lowest BCUT2D eigenvalue weighted by atomic mass is 9.65. The van der Waals surface area contributed by atoms with Gasteiger partial charge in [0.25, 0.3) is 0 Å². The van der Waals surface area contributed by atoms with Crippen molar-refractivity contribution in [1.82, 2.24) is 0 Å². The van der Waals surface area contributed by atoms with E-state index in [2.05, 4.69) is 225 Å². The lowest BCUT2D eigenvalue weighted by Gasteiger charge is -2.40. The van der Waals surface area contributed by atoms with Crippen LogP contribution in [0.1, 0.15) is 314 Å². The van der Waals surface area contributed by atoms with Crippen molar-refractivity contribution in [1.29, 1.82) is 0 Å². The first kappa shape index (κ1) is 79.3. The Balaban J connectivity index is 1.33. The summed E-state index contributed by atoms with van der Waals surface area (Å²) in [5.41, 5.74) is 6.85. The van der Waals surface area contributed by atoms with Crippen LogP contribution in [0.4, 0.5) is 0 Å². The normalized spacial score (nSPS) is 14.1. The number of hydrogen-bond acceptors (Lipinski definition) is 8. The molecule has 0 heterocycles. The number of methoxy groups -OCH3 is 2. The van der Waals surface area contributed by atoms with Gasteiger partial charge in [-0.2, -0.15) is 0 Å². The van der Waals surface area contributed by atoms with E-state index >= 15 is 0 Å². The zero-order valence-electron chi connectivity index (χ0n) is 63.0. The highest BCUT2D eigenvalue weighted by atomic mass is 16.5. The topological polar surface area (TPSA) is 97.4 Å². The first-order valence-corrected chi connectivity index (χ1v) is 35.5. The summed E-state index contributed by atoms with van der Waals surface area (Å²) < 4.78 is 28.6. The Morgan fingerprint density at radius 1 is 0.337 bits per heavy atom.